The largest absolute Gasteiger partial charge is 0.492 e. The van der Waals surface area contributed by atoms with Crippen molar-refractivity contribution in [3.8, 4) is 5.75 Å². The van der Waals surface area contributed by atoms with E-state index in [4.69, 9.17) is 10.5 Å². The van der Waals surface area contributed by atoms with Crippen molar-refractivity contribution in [2.24, 2.45) is 0 Å². The third kappa shape index (κ3) is 4.50. The number of carbonyl (C=O) groups is 1. The van der Waals surface area contributed by atoms with E-state index in [1.165, 1.54) is 6.08 Å². The van der Waals surface area contributed by atoms with Crippen LogP contribution in [-0.2, 0) is 4.79 Å². The second kappa shape index (κ2) is 6.50. The zero-order valence-electron chi connectivity index (χ0n) is 9.27. The number of ether oxygens (including phenoxy) is 1. The summed E-state index contributed by atoms with van der Waals surface area (Å²) in [5.74, 6) is 0.596. The summed E-state index contributed by atoms with van der Waals surface area (Å²) in [6, 6.07) is 7.18. The maximum atomic E-state index is 11.0. The lowest BCUT2D eigenvalue weighted by Gasteiger charge is -2.06. The Kier molecular flexibility index (Phi) is 4.92. The molecule has 0 saturated carbocycles. The Bertz CT molecular complexity index is 375. The molecule has 1 rings (SSSR count). The van der Waals surface area contributed by atoms with Gasteiger partial charge in [0.25, 0.3) is 0 Å². The summed E-state index contributed by atoms with van der Waals surface area (Å²) in [5.41, 5.74) is 6.25. The number of anilines is 1. The first kappa shape index (κ1) is 12.1. The smallest absolute Gasteiger partial charge is 0.243 e. The summed E-state index contributed by atoms with van der Waals surface area (Å²) in [5, 5.41) is 2.69. The Hall–Kier alpha value is -1.97. The fourth-order valence-electron chi connectivity index (χ4n) is 1.16. The van der Waals surface area contributed by atoms with Gasteiger partial charge < -0.3 is 15.8 Å². The molecule has 0 aliphatic carbocycles. The fraction of sp³-hybridized carbons (Fsp3) is 0.250. The predicted octanol–water partition coefficient (Wildman–Crippen LogP) is 1.34. The molecule has 1 aromatic carbocycles. The van der Waals surface area contributed by atoms with Crippen LogP contribution in [0.25, 0.3) is 0 Å². The minimum absolute atomic E-state index is 0.112. The van der Waals surface area contributed by atoms with Crippen LogP contribution in [0, 0.1) is 0 Å². The summed E-state index contributed by atoms with van der Waals surface area (Å²) in [6.45, 7) is 2.69. The van der Waals surface area contributed by atoms with Crippen LogP contribution in [0.15, 0.2) is 36.4 Å². The van der Waals surface area contributed by atoms with Gasteiger partial charge in [-0.05, 0) is 25.1 Å². The molecule has 0 aromatic heterocycles. The first-order valence-corrected chi connectivity index (χ1v) is 5.11. The van der Waals surface area contributed by atoms with Gasteiger partial charge in [0.05, 0.1) is 6.54 Å². The molecule has 3 N–H and O–H groups in total. The number of nitrogen functional groups attached to an aromatic ring is 1. The Balaban J connectivity index is 2.23. The Morgan fingerprint density at radius 1 is 1.56 bits per heavy atom. The van der Waals surface area contributed by atoms with Crippen molar-refractivity contribution in [2.75, 3.05) is 18.9 Å². The van der Waals surface area contributed by atoms with E-state index in [9.17, 15) is 4.79 Å². The first-order valence-electron chi connectivity index (χ1n) is 5.11. The molecule has 0 aliphatic heterocycles. The molecule has 0 fully saturated rings. The van der Waals surface area contributed by atoms with Gasteiger partial charge in [-0.2, -0.15) is 0 Å². The first-order chi connectivity index (χ1) is 7.72. The second-order valence-corrected chi connectivity index (χ2v) is 3.21. The van der Waals surface area contributed by atoms with Gasteiger partial charge in [0, 0.05) is 11.8 Å². The molecule has 1 amide bonds. The van der Waals surface area contributed by atoms with E-state index in [1.54, 1.807) is 25.1 Å². The summed E-state index contributed by atoms with van der Waals surface area (Å²) in [7, 11) is 0. The van der Waals surface area contributed by atoms with Gasteiger partial charge in [-0.1, -0.05) is 12.1 Å². The van der Waals surface area contributed by atoms with Crippen LogP contribution in [0.3, 0.4) is 0 Å². The molecule has 0 radical (unpaired) electrons. The van der Waals surface area contributed by atoms with Crippen molar-refractivity contribution in [2.45, 2.75) is 6.92 Å². The number of allylic oxidation sites excluding steroid dienone is 1. The van der Waals surface area contributed by atoms with Crippen LogP contribution in [0.2, 0.25) is 0 Å². The second-order valence-electron chi connectivity index (χ2n) is 3.21. The normalized spacial score (nSPS) is 10.3. The minimum atomic E-state index is -0.112. The van der Waals surface area contributed by atoms with Gasteiger partial charge >= 0.3 is 0 Å². The van der Waals surface area contributed by atoms with E-state index in [0.29, 0.717) is 24.6 Å². The van der Waals surface area contributed by atoms with Crippen molar-refractivity contribution in [3.63, 3.8) is 0 Å². The highest BCUT2D eigenvalue weighted by atomic mass is 16.5. The van der Waals surface area contributed by atoms with Crippen LogP contribution in [-0.4, -0.2) is 19.1 Å². The number of rotatable bonds is 5. The summed E-state index contributed by atoms with van der Waals surface area (Å²) < 4.78 is 5.40. The Labute approximate surface area is 95.1 Å². The van der Waals surface area contributed by atoms with Gasteiger partial charge in [0.2, 0.25) is 5.91 Å². The lowest BCUT2D eigenvalue weighted by molar-refractivity contribution is -0.116. The van der Waals surface area contributed by atoms with E-state index < -0.39 is 0 Å². The molecule has 1 aromatic rings. The molecular weight excluding hydrogens is 204 g/mol. The molecule has 0 saturated heterocycles. The molecule has 4 heteroatoms. The van der Waals surface area contributed by atoms with Crippen molar-refractivity contribution < 1.29 is 9.53 Å². The SMILES string of the molecule is CC=CC(=O)NCCOc1cccc(N)c1. The quantitative estimate of drug-likeness (QED) is 0.447. The Morgan fingerprint density at radius 3 is 3.06 bits per heavy atom. The number of hydrogen-bond acceptors (Lipinski definition) is 3. The van der Waals surface area contributed by atoms with Crippen LogP contribution < -0.4 is 15.8 Å². The number of hydrogen-bond donors (Lipinski definition) is 2. The van der Waals surface area contributed by atoms with Gasteiger partial charge in [-0.25, -0.2) is 0 Å². The lowest BCUT2D eigenvalue weighted by Crippen LogP contribution is -2.26. The van der Waals surface area contributed by atoms with Crippen molar-refractivity contribution in [1.29, 1.82) is 0 Å². The summed E-state index contributed by atoms with van der Waals surface area (Å²) >= 11 is 0. The molecule has 0 bridgehead atoms. The zero-order chi connectivity index (χ0) is 11.8. The van der Waals surface area contributed by atoms with Gasteiger partial charge in [0.15, 0.2) is 0 Å². The number of amides is 1. The third-order valence-corrected chi connectivity index (χ3v) is 1.85. The molecule has 0 atom stereocenters. The predicted molar refractivity (Wildman–Crippen MR) is 64.2 cm³/mol. The molecule has 0 aliphatic rings. The topological polar surface area (TPSA) is 64.3 Å². The van der Waals surface area contributed by atoms with Crippen molar-refractivity contribution >= 4 is 11.6 Å². The molecule has 0 unspecified atom stereocenters. The third-order valence-electron chi connectivity index (χ3n) is 1.85. The van der Waals surface area contributed by atoms with Crippen LogP contribution in [0.4, 0.5) is 5.69 Å². The number of benzene rings is 1. The average molecular weight is 220 g/mol. The van der Waals surface area contributed by atoms with Gasteiger partial charge in [0.1, 0.15) is 12.4 Å². The maximum Gasteiger partial charge on any atom is 0.243 e. The molecule has 0 heterocycles. The number of carbonyl (C=O) groups excluding carboxylic acids is 1. The fourth-order valence-corrected chi connectivity index (χ4v) is 1.16. The van der Waals surface area contributed by atoms with E-state index in [-0.39, 0.29) is 5.91 Å². The maximum absolute atomic E-state index is 11.0. The molecule has 4 nitrogen and oxygen atoms in total. The average Bonchev–Trinajstić information content (AvgIpc) is 2.25. The summed E-state index contributed by atoms with van der Waals surface area (Å²) in [4.78, 5) is 11.0. The van der Waals surface area contributed by atoms with E-state index in [1.807, 2.05) is 12.1 Å². The van der Waals surface area contributed by atoms with E-state index >= 15 is 0 Å². The summed E-state index contributed by atoms with van der Waals surface area (Å²) in [6.07, 6.45) is 3.16. The minimum Gasteiger partial charge on any atom is -0.492 e. The molecule has 86 valence electrons. The molecule has 0 spiro atoms. The number of nitrogens with one attached hydrogen (secondary N) is 1. The standard InChI is InChI=1S/C12H16N2O2/c1-2-4-12(15)14-7-8-16-11-6-3-5-10(13)9-11/h2-6,9H,7-8,13H2,1H3,(H,14,15). The van der Waals surface area contributed by atoms with Gasteiger partial charge in [-0.15, -0.1) is 0 Å². The number of nitrogens with two attached hydrogens (primary N) is 1. The Morgan fingerprint density at radius 2 is 2.38 bits per heavy atom. The monoisotopic (exact) mass is 220 g/mol. The highest BCUT2D eigenvalue weighted by Crippen LogP contribution is 2.13. The van der Waals surface area contributed by atoms with Crippen molar-refractivity contribution in [1.82, 2.24) is 5.32 Å². The molecular formula is C12H16N2O2. The zero-order valence-corrected chi connectivity index (χ0v) is 9.27. The van der Waals surface area contributed by atoms with E-state index in [2.05, 4.69) is 5.32 Å². The highest BCUT2D eigenvalue weighted by molar-refractivity contribution is 5.87. The highest BCUT2D eigenvalue weighted by Gasteiger charge is 1.95. The lowest BCUT2D eigenvalue weighted by atomic mass is 10.3. The van der Waals surface area contributed by atoms with Crippen LogP contribution >= 0.6 is 0 Å². The van der Waals surface area contributed by atoms with Gasteiger partial charge in [-0.3, -0.25) is 4.79 Å². The van der Waals surface area contributed by atoms with Crippen molar-refractivity contribution in [3.05, 3.63) is 36.4 Å². The van der Waals surface area contributed by atoms with Crippen LogP contribution in [0.5, 0.6) is 5.75 Å². The van der Waals surface area contributed by atoms with E-state index in [0.717, 1.165) is 0 Å². The molecule has 16 heavy (non-hydrogen) atoms. The van der Waals surface area contributed by atoms with Crippen LogP contribution in [0.1, 0.15) is 6.92 Å².